The highest BCUT2D eigenvalue weighted by Crippen LogP contribution is 2.39. The van der Waals surface area contributed by atoms with Crippen molar-refractivity contribution in [3.8, 4) is 34.5 Å². The average molecular weight is 488 g/mol. The van der Waals surface area contributed by atoms with Crippen LogP contribution in [-0.4, -0.2) is 47.1 Å². The fraction of sp³-hybridized carbons (Fsp3) is 0.167. The second-order valence-corrected chi connectivity index (χ2v) is 8.69. The number of hydrogen-bond acceptors (Lipinski definition) is 8. The normalized spacial score (nSPS) is 11.3. The molecule has 0 saturated heterocycles. The van der Waals surface area contributed by atoms with Crippen molar-refractivity contribution in [2.75, 3.05) is 33.2 Å². The van der Waals surface area contributed by atoms with Gasteiger partial charge in [0, 0.05) is 11.6 Å². The molecule has 0 amide bonds. The van der Waals surface area contributed by atoms with Gasteiger partial charge in [0.25, 0.3) is 10.0 Å². The smallest absolute Gasteiger partial charge is 0.261 e. The Morgan fingerprint density at radius 1 is 0.765 bits per heavy atom. The topological polar surface area (TPSA) is 124 Å². The van der Waals surface area contributed by atoms with Gasteiger partial charge in [-0.3, -0.25) is 4.72 Å². The lowest BCUT2D eigenvalue weighted by Gasteiger charge is -2.14. The van der Waals surface area contributed by atoms with Gasteiger partial charge in [-0.05, 0) is 48.0 Å². The average Bonchev–Trinajstić information content (AvgIpc) is 2.83. The predicted octanol–water partition coefficient (Wildman–Crippen LogP) is 4.10. The van der Waals surface area contributed by atoms with Crippen molar-refractivity contribution in [3.05, 3.63) is 59.7 Å². The van der Waals surface area contributed by atoms with Crippen LogP contribution in [0.15, 0.2) is 53.4 Å². The molecule has 0 atom stereocenters. The third-order valence-corrected chi connectivity index (χ3v) is 6.27. The molecule has 0 unspecified atom stereocenters. The number of hydrogen-bond donors (Lipinski definition) is 3. The van der Waals surface area contributed by atoms with Crippen molar-refractivity contribution >= 4 is 27.9 Å². The molecular weight excluding hydrogens is 462 g/mol. The number of aromatic hydroxyl groups is 2. The van der Waals surface area contributed by atoms with E-state index in [1.54, 1.807) is 24.3 Å². The summed E-state index contributed by atoms with van der Waals surface area (Å²) in [4.78, 5) is -0.0445. The van der Waals surface area contributed by atoms with Crippen LogP contribution in [0.4, 0.5) is 5.69 Å². The van der Waals surface area contributed by atoms with Gasteiger partial charge in [-0.2, -0.15) is 0 Å². The van der Waals surface area contributed by atoms with Crippen LogP contribution in [0.5, 0.6) is 34.5 Å². The molecule has 0 heterocycles. The van der Waals surface area contributed by atoms with Gasteiger partial charge >= 0.3 is 0 Å². The van der Waals surface area contributed by atoms with E-state index in [-0.39, 0.29) is 27.8 Å². The molecule has 0 fully saturated rings. The van der Waals surface area contributed by atoms with E-state index < -0.39 is 10.0 Å². The van der Waals surface area contributed by atoms with Crippen LogP contribution >= 0.6 is 0 Å². The Kier molecular flexibility index (Phi) is 7.42. The fourth-order valence-corrected chi connectivity index (χ4v) is 4.27. The lowest BCUT2D eigenvalue weighted by atomic mass is 10.1. The minimum atomic E-state index is -3.99. The number of nitrogens with one attached hydrogen (secondary N) is 1. The zero-order valence-electron chi connectivity index (χ0n) is 19.0. The minimum Gasteiger partial charge on any atom is -0.508 e. The Hall–Kier alpha value is -4.05. The summed E-state index contributed by atoms with van der Waals surface area (Å²) in [6, 6.07) is 11.3. The zero-order valence-corrected chi connectivity index (χ0v) is 19.8. The van der Waals surface area contributed by atoms with Crippen molar-refractivity contribution in [1.29, 1.82) is 0 Å². The first-order valence-corrected chi connectivity index (χ1v) is 11.4. The molecule has 9 nitrogen and oxygen atoms in total. The summed E-state index contributed by atoms with van der Waals surface area (Å²) in [5.74, 6) is 1.21. The van der Waals surface area contributed by atoms with E-state index in [1.807, 2.05) is 0 Å². The number of ether oxygens (including phenoxy) is 4. The largest absolute Gasteiger partial charge is 0.508 e. The molecule has 3 N–H and O–H groups in total. The molecule has 3 aromatic carbocycles. The summed E-state index contributed by atoms with van der Waals surface area (Å²) in [6.07, 6.45) is 3.32. The highest BCUT2D eigenvalue weighted by atomic mass is 32.2. The van der Waals surface area contributed by atoms with Crippen LogP contribution in [0.1, 0.15) is 11.1 Å². The Morgan fingerprint density at radius 3 is 1.88 bits per heavy atom. The van der Waals surface area contributed by atoms with Crippen molar-refractivity contribution < 1.29 is 37.6 Å². The third-order valence-electron chi connectivity index (χ3n) is 4.88. The van der Waals surface area contributed by atoms with E-state index in [0.717, 1.165) is 0 Å². The molecule has 10 heteroatoms. The van der Waals surface area contributed by atoms with E-state index in [0.29, 0.717) is 28.4 Å². The van der Waals surface area contributed by atoms with Crippen LogP contribution in [-0.2, 0) is 10.0 Å². The summed E-state index contributed by atoms with van der Waals surface area (Å²) < 4.78 is 49.5. The maximum absolute atomic E-state index is 12.9. The van der Waals surface area contributed by atoms with Crippen LogP contribution in [0.2, 0.25) is 0 Å². The van der Waals surface area contributed by atoms with E-state index in [9.17, 15) is 18.6 Å². The molecule has 0 aliphatic heterocycles. The summed E-state index contributed by atoms with van der Waals surface area (Å²) in [5.41, 5.74) is 1.22. The Morgan fingerprint density at radius 2 is 1.35 bits per heavy atom. The van der Waals surface area contributed by atoms with E-state index in [1.165, 1.54) is 64.8 Å². The summed E-state index contributed by atoms with van der Waals surface area (Å²) in [6.45, 7) is 0. The Labute approximate surface area is 197 Å². The van der Waals surface area contributed by atoms with E-state index >= 15 is 0 Å². The second kappa shape index (κ2) is 10.3. The molecule has 3 aromatic rings. The summed E-state index contributed by atoms with van der Waals surface area (Å²) in [5, 5.41) is 19.7. The Bertz CT molecular complexity index is 1280. The van der Waals surface area contributed by atoms with Crippen molar-refractivity contribution in [3.63, 3.8) is 0 Å². The number of rotatable bonds is 9. The zero-order chi connectivity index (χ0) is 24.9. The molecule has 0 aromatic heterocycles. The van der Waals surface area contributed by atoms with Crippen LogP contribution in [0.25, 0.3) is 12.2 Å². The van der Waals surface area contributed by atoms with Gasteiger partial charge < -0.3 is 29.2 Å². The number of methoxy groups -OCH3 is 4. The van der Waals surface area contributed by atoms with Gasteiger partial charge in [0.05, 0.1) is 39.0 Å². The van der Waals surface area contributed by atoms with Gasteiger partial charge in [-0.1, -0.05) is 12.2 Å². The monoisotopic (exact) mass is 487 g/mol. The maximum atomic E-state index is 12.9. The highest BCUT2D eigenvalue weighted by Gasteiger charge is 2.18. The lowest BCUT2D eigenvalue weighted by Crippen LogP contribution is -2.13. The van der Waals surface area contributed by atoms with Crippen molar-refractivity contribution in [2.45, 2.75) is 4.90 Å². The number of anilines is 1. The first-order chi connectivity index (χ1) is 16.2. The van der Waals surface area contributed by atoms with E-state index in [2.05, 4.69) is 4.72 Å². The number of sulfonamides is 1. The first kappa shape index (κ1) is 24.6. The molecule has 0 aliphatic carbocycles. The maximum Gasteiger partial charge on any atom is 0.261 e. The van der Waals surface area contributed by atoms with Crippen molar-refractivity contribution in [1.82, 2.24) is 0 Å². The van der Waals surface area contributed by atoms with Gasteiger partial charge in [0.1, 0.15) is 5.75 Å². The molecule has 0 saturated carbocycles. The second-order valence-electron chi connectivity index (χ2n) is 7.00. The molecule has 34 heavy (non-hydrogen) atoms. The van der Waals surface area contributed by atoms with Crippen LogP contribution in [0, 0.1) is 0 Å². The summed E-state index contributed by atoms with van der Waals surface area (Å²) >= 11 is 0. The SMILES string of the molecule is COc1cc(NS(=O)(=O)c2ccc(O)cc2)c(C=Cc2cc(OC)c(OC)c(OC)c2)cc1O. The molecule has 3 rings (SSSR count). The quantitative estimate of drug-likeness (QED) is 0.304. The van der Waals surface area contributed by atoms with Crippen LogP contribution < -0.4 is 23.7 Å². The molecule has 0 spiro atoms. The van der Waals surface area contributed by atoms with Crippen molar-refractivity contribution in [2.24, 2.45) is 0 Å². The fourth-order valence-electron chi connectivity index (χ4n) is 3.19. The van der Waals surface area contributed by atoms with E-state index in [4.69, 9.17) is 18.9 Å². The van der Waals surface area contributed by atoms with Gasteiger partial charge in [0.15, 0.2) is 23.0 Å². The van der Waals surface area contributed by atoms with Gasteiger partial charge in [0.2, 0.25) is 5.75 Å². The van der Waals surface area contributed by atoms with Gasteiger partial charge in [-0.25, -0.2) is 8.42 Å². The van der Waals surface area contributed by atoms with Crippen LogP contribution in [0.3, 0.4) is 0 Å². The predicted molar refractivity (Wildman–Crippen MR) is 129 cm³/mol. The lowest BCUT2D eigenvalue weighted by molar-refractivity contribution is 0.324. The standard InChI is InChI=1S/C24H25NO8S/c1-30-21-14-19(25-34(28,29)18-9-7-17(26)8-10-18)16(13-20(21)27)6-5-15-11-22(31-2)24(33-4)23(12-15)32-3/h5-14,25-27H,1-4H3. The minimum absolute atomic E-state index is 0.0445. The number of phenols is 2. The molecular formula is C24H25NO8S. The summed E-state index contributed by atoms with van der Waals surface area (Å²) in [7, 11) is 1.87. The molecule has 0 aliphatic rings. The molecule has 180 valence electrons. The molecule has 0 bridgehead atoms. The third kappa shape index (κ3) is 5.29. The first-order valence-electron chi connectivity index (χ1n) is 9.93. The van der Waals surface area contributed by atoms with Gasteiger partial charge in [-0.15, -0.1) is 0 Å². The Balaban J connectivity index is 2.04. The molecule has 0 radical (unpaired) electrons. The number of benzene rings is 3. The number of phenolic OH excluding ortho intramolecular Hbond substituents is 2. The highest BCUT2D eigenvalue weighted by molar-refractivity contribution is 7.92.